The van der Waals surface area contributed by atoms with E-state index in [1.54, 1.807) is 4.90 Å². The van der Waals surface area contributed by atoms with Gasteiger partial charge < -0.3 is 10.6 Å². The van der Waals surface area contributed by atoms with Crippen LogP contribution in [0.4, 0.5) is 13.2 Å². The van der Waals surface area contributed by atoms with Crippen LogP contribution in [0.2, 0.25) is 0 Å². The zero-order valence-electron chi connectivity index (χ0n) is 12.2. The van der Waals surface area contributed by atoms with Crippen LogP contribution < -0.4 is 5.73 Å². The molecule has 0 fully saturated rings. The van der Waals surface area contributed by atoms with E-state index < -0.39 is 11.7 Å². The van der Waals surface area contributed by atoms with Gasteiger partial charge in [0.05, 0.1) is 5.56 Å². The van der Waals surface area contributed by atoms with Crippen LogP contribution in [0.25, 0.3) is 0 Å². The van der Waals surface area contributed by atoms with Crippen molar-refractivity contribution in [3.63, 3.8) is 0 Å². The molecule has 0 aliphatic rings. The summed E-state index contributed by atoms with van der Waals surface area (Å²) in [5.74, 6) is -0.386. The molecule has 7 heteroatoms. The lowest BCUT2D eigenvalue weighted by Crippen LogP contribution is -2.43. The van der Waals surface area contributed by atoms with Gasteiger partial charge in [-0.15, -0.1) is 0 Å². The number of nitrogens with two attached hydrogens (primary N) is 1. The van der Waals surface area contributed by atoms with Crippen molar-refractivity contribution in [3.8, 4) is 0 Å². The molecule has 0 aliphatic heterocycles. The predicted octanol–water partition coefficient (Wildman–Crippen LogP) is 2.69. The molecule has 0 unspecified atom stereocenters. The third kappa shape index (κ3) is 4.42. The number of nitrogens with zero attached hydrogens (tertiary/aromatic N) is 2. The number of aromatic nitrogens is 1. The standard InChI is InChI=1S/C14H20F3N3O/c1-3-11(4-2)20(8-7-18)13(21)12-6-5-10(9-19-12)14(15,16)17/h5-6,9,11H,3-4,7-8,18H2,1-2H3. The van der Waals surface area contributed by atoms with Crippen molar-refractivity contribution in [2.45, 2.75) is 38.9 Å². The van der Waals surface area contributed by atoms with Crippen LogP contribution in [0.5, 0.6) is 0 Å². The van der Waals surface area contributed by atoms with Crippen LogP contribution in [-0.2, 0) is 6.18 Å². The van der Waals surface area contributed by atoms with Gasteiger partial charge in [0.25, 0.3) is 5.91 Å². The molecule has 0 atom stereocenters. The molecular formula is C14H20F3N3O. The molecule has 0 saturated carbocycles. The van der Waals surface area contributed by atoms with Gasteiger partial charge in [0.2, 0.25) is 0 Å². The zero-order chi connectivity index (χ0) is 16.0. The Hall–Kier alpha value is -1.63. The van der Waals surface area contributed by atoms with Crippen molar-refractivity contribution in [1.29, 1.82) is 0 Å². The fraction of sp³-hybridized carbons (Fsp3) is 0.571. The third-order valence-corrected chi connectivity index (χ3v) is 3.32. The van der Waals surface area contributed by atoms with Gasteiger partial charge in [-0.3, -0.25) is 9.78 Å². The van der Waals surface area contributed by atoms with E-state index in [1.807, 2.05) is 13.8 Å². The van der Waals surface area contributed by atoms with Gasteiger partial charge in [-0.2, -0.15) is 13.2 Å². The molecule has 1 amide bonds. The highest BCUT2D eigenvalue weighted by atomic mass is 19.4. The minimum atomic E-state index is -4.46. The Morgan fingerprint density at radius 3 is 2.33 bits per heavy atom. The van der Waals surface area contributed by atoms with E-state index in [4.69, 9.17) is 5.73 Å². The lowest BCUT2D eigenvalue weighted by Gasteiger charge is -2.30. The summed E-state index contributed by atoms with van der Waals surface area (Å²) in [4.78, 5) is 17.6. The van der Waals surface area contributed by atoms with E-state index in [0.717, 1.165) is 25.0 Å². The Morgan fingerprint density at radius 2 is 1.95 bits per heavy atom. The van der Waals surface area contributed by atoms with Crippen LogP contribution in [-0.4, -0.2) is 34.9 Å². The Kier molecular flexibility index (Phi) is 6.14. The Morgan fingerprint density at radius 1 is 1.33 bits per heavy atom. The van der Waals surface area contributed by atoms with E-state index in [2.05, 4.69) is 4.98 Å². The number of rotatable bonds is 6. The highest BCUT2D eigenvalue weighted by Gasteiger charge is 2.31. The van der Waals surface area contributed by atoms with E-state index >= 15 is 0 Å². The first kappa shape index (κ1) is 17.4. The van der Waals surface area contributed by atoms with Crippen LogP contribution in [0, 0.1) is 0 Å². The molecule has 1 heterocycles. The average molecular weight is 303 g/mol. The normalized spacial score (nSPS) is 11.8. The number of pyridine rings is 1. The quantitative estimate of drug-likeness (QED) is 0.879. The second kappa shape index (κ2) is 7.40. The van der Waals surface area contributed by atoms with Gasteiger partial charge in [-0.1, -0.05) is 13.8 Å². The first-order valence-electron chi connectivity index (χ1n) is 6.89. The number of carbonyl (C=O) groups is 1. The van der Waals surface area contributed by atoms with Crippen molar-refractivity contribution in [2.24, 2.45) is 5.73 Å². The summed E-state index contributed by atoms with van der Waals surface area (Å²) in [6.07, 6.45) is -2.27. The molecule has 0 spiro atoms. The highest BCUT2D eigenvalue weighted by Crippen LogP contribution is 2.28. The molecule has 0 radical (unpaired) electrons. The van der Waals surface area contributed by atoms with E-state index in [9.17, 15) is 18.0 Å². The maximum absolute atomic E-state index is 12.5. The fourth-order valence-corrected chi connectivity index (χ4v) is 2.15. The monoisotopic (exact) mass is 303 g/mol. The van der Waals surface area contributed by atoms with E-state index in [-0.39, 0.29) is 17.6 Å². The summed E-state index contributed by atoms with van der Waals surface area (Å²) in [5.41, 5.74) is 4.65. The van der Waals surface area contributed by atoms with Crippen molar-refractivity contribution >= 4 is 5.91 Å². The van der Waals surface area contributed by atoms with Crippen molar-refractivity contribution in [3.05, 3.63) is 29.6 Å². The van der Waals surface area contributed by atoms with Gasteiger partial charge in [0, 0.05) is 25.3 Å². The van der Waals surface area contributed by atoms with E-state index in [1.165, 1.54) is 0 Å². The molecule has 21 heavy (non-hydrogen) atoms. The number of hydrogen-bond donors (Lipinski definition) is 1. The molecule has 1 rings (SSSR count). The third-order valence-electron chi connectivity index (χ3n) is 3.32. The molecule has 0 aromatic carbocycles. The fourth-order valence-electron chi connectivity index (χ4n) is 2.15. The van der Waals surface area contributed by atoms with Gasteiger partial charge in [-0.25, -0.2) is 0 Å². The summed E-state index contributed by atoms with van der Waals surface area (Å²) in [5, 5.41) is 0. The minimum absolute atomic E-state index is 0.00310. The topological polar surface area (TPSA) is 59.2 Å². The van der Waals surface area contributed by atoms with E-state index in [0.29, 0.717) is 19.3 Å². The van der Waals surface area contributed by atoms with Crippen molar-refractivity contribution in [1.82, 2.24) is 9.88 Å². The SMILES string of the molecule is CCC(CC)N(CCN)C(=O)c1ccc(C(F)(F)F)cn1. The zero-order valence-corrected chi connectivity index (χ0v) is 12.2. The van der Waals surface area contributed by atoms with Crippen LogP contribution in [0.1, 0.15) is 42.7 Å². The lowest BCUT2D eigenvalue weighted by molar-refractivity contribution is -0.137. The van der Waals surface area contributed by atoms with Crippen LogP contribution in [0.15, 0.2) is 18.3 Å². The molecule has 4 nitrogen and oxygen atoms in total. The predicted molar refractivity (Wildman–Crippen MR) is 73.7 cm³/mol. The van der Waals surface area contributed by atoms with Crippen molar-refractivity contribution in [2.75, 3.05) is 13.1 Å². The number of amides is 1. The maximum Gasteiger partial charge on any atom is 0.417 e. The smallest absolute Gasteiger partial charge is 0.333 e. The summed E-state index contributed by atoms with van der Waals surface area (Å²) in [6, 6.07) is 1.98. The number of halogens is 3. The second-order valence-electron chi connectivity index (χ2n) is 4.69. The maximum atomic E-state index is 12.5. The van der Waals surface area contributed by atoms with Crippen LogP contribution in [0.3, 0.4) is 0 Å². The minimum Gasteiger partial charge on any atom is -0.333 e. The second-order valence-corrected chi connectivity index (χ2v) is 4.69. The summed E-state index contributed by atoms with van der Waals surface area (Å²) in [7, 11) is 0. The highest BCUT2D eigenvalue weighted by molar-refractivity contribution is 5.92. The Balaban J connectivity index is 2.98. The first-order valence-corrected chi connectivity index (χ1v) is 6.89. The molecule has 0 saturated heterocycles. The molecular weight excluding hydrogens is 283 g/mol. The van der Waals surface area contributed by atoms with Crippen LogP contribution >= 0.6 is 0 Å². The van der Waals surface area contributed by atoms with Gasteiger partial charge in [0.1, 0.15) is 5.69 Å². The number of carbonyl (C=O) groups excluding carboxylic acids is 1. The van der Waals surface area contributed by atoms with Gasteiger partial charge in [0.15, 0.2) is 0 Å². The Labute approximate surface area is 122 Å². The lowest BCUT2D eigenvalue weighted by atomic mass is 10.1. The van der Waals surface area contributed by atoms with Crippen molar-refractivity contribution < 1.29 is 18.0 Å². The summed E-state index contributed by atoms with van der Waals surface area (Å²) >= 11 is 0. The number of hydrogen-bond acceptors (Lipinski definition) is 3. The van der Waals surface area contributed by atoms with Gasteiger partial charge >= 0.3 is 6.18 Å². The van der Waals surface area contributed by atoms with Gasteiger partial charge in [-0.05, 0) is 25.0 Å². The largest absolute Gasteiger partial charge is 0.417 e. The summed E-state index contributed by atoms with van der Waals surface area (Å²) < 4.78 is 37.5. The molecule has 0 bridgehead atoms. The molecule has 1 aromatic heterocycles. The first-order chi connectivity index (χ1) is 9.85. The summed E-state index contributed by atoms with van der Waals surface area (Å²) in [6.45, 7) is 4.55. The molecule has 118 valence electrons. The molecule has 0 aliphatic carbocycles. The Bertz CT molecular complexity index is 456. The molecule has 1 aromatic rings. The molecule has 2 N–H and O–H groups in total. The average Bonchev–Trinajstić information content (AvgIpc) is 2.46. The number of alkyl halides is 3.